The molecule has 0 unspecified atom stereocenters. The van der Waals surface area contributed by atoms with Crippen molar-refractivity contribution in [3.63, 3.8) is 0 Å². The normalized spacial score (nSPS) is 11.7. The van der Waals surface area contributed by atoms with Crippen molar-refractivity contribution in [3.8, 4) is 11.3 Å². The maximum absolute atomic E-state index is 12.0. The molecule has 4 nitrogen and oxygen atoms in total. The first-order chi connectivity index (χ1) is 9.04. The predicted octanol–water partition coefficient (Wildman–Crippen LogP) is 3.05. The fraction of sp³-hybridized carbons (Fsp3) is 0.308. The van der Waals surface area contributed by atoms with Gasteiger partial charge in [0.25, 0.3) is 0 Å². The van der Waals surface area contributed by atoms with Gasteiger partial charge in [0.2, 0.25) is 9.84 Å². The van der Waals surface area contributed by atoms with E-state index in [0.29, 0.717) is 23.8 Å². The van der Waals surface area contributed by atoms with Crippen LogP contribution in [0.5, 0.6) is 0 Å². The summed E-state index contributed by atoms with van der Waals surface area (Å²) in [6, 6.07) is 9.30. The van der Waals surface area contributed by atoms with Crippen LogP contribution in [0.4, 0.5) is 0 Å². The Bertz CT molecular complexity index is 650. The summed E-state index contributed by atoms with van der Waals surface area (Å²) in [7, 11) is -3.49. The number of aryl methyl sites for hydroxylation is 1. The maximum Gasteiger partial charge on any atom is 0.315 e. The Morgan fingerprint density at radius 1 is 1.26 bits per heavy atom. The summed E-state index contributed by atoms with van der Waals surface area (Å²) < 4.78 is 29.4. The predicted molar refractivity (Wildman–Crippen MR) is 74.1 cm³/mol. The number of alkyl halides is 1. The van der Waals surface area contributed by atoms with Gasteiger partial charge in [0, 0.05) is 11.4 Å². The average molecular weight is 300 g/mol. The topological polar surface area (TPSA) is 60.2 Å². The fourth-order valence-corrected chi connectivity index (χ4v) is 3.17. The maximum atomic E-state index is 12.0. The lowest BCUT2D eigenvalue weighted by Gasteiger charge is -1.98. The molecule has 1 aromatic carbocycles. The number of hydrogen-bond donors (Lipinski definition) is 0. The molecule has 0 atom stereocenters. The van der Waals surface area contributed by atoms with Crippen molar-refractivity contribution < 1.29 is 12.8 Å². The Hall–Kier alpha value is -1.33. The lowest BCUT2D eigenvalue weighted by molar-refractivity contribution is 0.440. The van der Waals surface area contributed by atoms with Crippen LogP contribution in [0.2, 0.25) is 0 Å². The van der Waals surface area contributed by atoms with E-state index in [9.17, 15) is 8.42 Å². The molecule has 0 aliphatic rings. The summed E-state index contributed by atoms with van der Waals surface area (Å²) in [4.78, 5) is 4.01. The van der Waals surface area contributed by atoms with E-state index in [2.05, 4.69) is 4.98 Å². The van der Waals surface area contributed by atoms with Gasteiger partial charge in [-0.3, -0.25) is 0 Å². The summed E-state index contributed by atoms with van der Waals surface area (Å²) in [5, 5.41) is -0.228. The van der Waals surface area contributed by atoms with E-state index in [1.54, 1.807) is 6.92 Å². The van der Waals surface area contributed by atoms with Gasteiger partial charge in [-0.1, -0.05) is 30.3 Å². The van der Waals surface area contributed by atoms with Gasteiger partial charge in [0.1, 0.15) is 0 Å². The number of oxazole rings is 1. The third-order valence-electron chi connectivity index (χ3n) is 2.63. The van der Waals surface area contributed by atoms with Crippen LogP contribution in [-0.2, 0) is 9.84 Å². The van der Waals surface area contributed by atoms with Gasteiger partial charge < -0.3 is 4.42 Å². The average Bonchev–Trinajstić information content (AvgIpc) is 2.80. The molecule has 0 aliphatic heterocycles. The molecule has 6 heteroatoms. The molecule has 1 aromatic heterocycles. The summed E-state index contributed by atoms with van der Waals surface area (Å²) >= 11 is 5.51. The number of hydrogen-bond acceptors (Lipinski definition) is 4. The molecule has 2 rings (SSSR count). The van der Waals surface area contributed by atoms with Gasteiger partial charge in [-0.25, -0.2) is 13.4 Å². The zero-order valence-corrected chi connectivity index (χ0v) is 12.0. The van der Waals surface area contributed by atoms with E-state index < -0.39 is 9.84 Å². The van der Waals surface area contributed by atoms with E-state index in [-0.39, 0.29) is 11.0 Å². The minimum atomic E-state index is -3.49. The van der Waals surface area contributed by atoms with Crippen LogP contribution in [-0.4, -0.2) is 25.0 Å². The van der Waals surface area contributed by atoms with Gasteiger partial charge >= 0.3 is 5.22 Å². The Morgan fingerprint density at radius 3 is 2.58 bits per heavy atom. The van der Waals surface area contributed by atoms with Crippen molar-refractivity contribution in [1.82, 2.24) is 4.98 Å². The molecule has 0 saturated carbocycles. The van der Waals surface area contributed by atoms with Gasteiger partial charge in [-0.15, -0.1) is 11.6 Å². The first kappa shape index (κ1) is 14.1. The third kappa shape index (κ3) is 3.16. The highest BCUT2D eigenvalue weighted by Gasteiger charge is 2.23. The van der Waals surface area contributed by atoms with Crippen LogP contribution in [0.15, 0.2) is 40.0 Å². The number of halogens is 1. The summed E-state index contributed by atoms with van der Waals surface area (Å²) in [5.41, 5.74) is 1.38. The molecule has 0 fully saturated rings. The SMILES string of the molecule is Cc1nc(S(=O)(=O)CCCCl)oc1-c1ccccc1. The number of benzene rings is 1. The second kappa shape index (κ2) is 5.75. The number of sulfone groups is 1. The molecule has 0 bridgehead atoms. The van der Waals surface area contributed by atoms with Crippen molar-refractivity contribution in [1.29, 1.82) is 0 Å². The van der Waals surface area contributed by atoms with Crippen LogP contribution in [0.3, 0.4) is 0 Å². The van der Waals surface area contributed by atoms with Crippen molar-refractivity contribution >= 4 is 21.4 Å². The molecule has 0 N–H and O–H groups in total. The molecule has 2 aromatic rings. The summed E-state index contributed by atoms with van der Waals surface area (Å²) in [6.45, 7) is 1.73. The summed E-state index contributed by atoms with van der Waals surface area (Å²) in [6.07, 6.45) is 0.381. The Kier molecular flexibility index (Phi) is 4.27. The first-order valence-electron chi connectivity index (χ1n) is 5.86. The van der Waals surface area contributed by atoms with Crippen molar-refractivity contribution in [2.45, 2.75) is 18.6 Å². The first-order valence-corrected chi connectivity index (χ1v) is 8.05. The molecular weight excluding hydrogens is 286 g/mol. The molecule has 0 aliphatic carbocycles. The lowest BCUT2D eigenvalue weighted by Crippen LogP contribution is -2.07. The van der Waals surface area contributed by atoms with Crippen LogP contribution in [0.1, 0.15) is 12.1 Å². The minimum absolute atomic E-state index is 0.0509. The largest absolute Gasteiger partial charge is 0.428 e. The Morgan fingerprint density at radius 2 is 1.95 bits per heavy atom. The quantitative estimate of drug-likeness (QED) is 0.796. The molecule has 1 heterocycles. The van der Waals surface area contributed by atoms with Crippen molar-refractivity contribution in [2.24, 2.45) is 0 Å². The van der Waals surface area contributed by atoms with Crippen molar-refractivity contribution in [3.05, 3.63) is 36.0 Å². The van der Waals surface area contributed by atoms with E-state index in [1.807, 2.05) is 30.3 Å². The number of rotatable bonds is 5. The van der Waals surface area contributed by atoms with Gasteiger partial charge in [0.15, 0.2) is 5.76 Å². The van der Waals surface area contributed by atoms with E-state index in [1.165, 1.54) is 0 Å². The third-order valence-corrected chi connectivity index (χ3v) is 4.43. The zero-order valence-electron chi connectivity index (χ0n) is 10.5. The van der Waals surface area contributed by atoms with Crippen molar-refractivity contribution in [2.75, 3.05) is 11.6 Å². The number of aromatic nitrogens is 1. The van der Waals surface area contributed by atoms with E-state index in [4.69, 9.17) is 16.0 Å². The smallest absolute Gasteiger partial charge is 0.315 e. The molecule has 19 heavy (non-hydrogen) atoms. The van der Waals surface area contributed by atoms with Crippen LogP contribution in [0.25, 0.3) is 11.3 Å². The van der Waals surface area contributed by atoms with E-state index in [0.717, 1.165) is 5.56 Å². The Labute approximate surface area is 117 Å². The molecule has 0 spiro atoms. The minimum Gasteiger partial charge on any atom is -0.428 e. The highest BCUT2D eigenvalue weighted by molar-refractivity contribution is 7.91. The lowest BCUT2D eigenvalue weighted by atomic mass is 10.1. The molecule has 0 radical (unpaired) electrons. The van der Waals surface area contributed by atoms with Gasteiger partial charge in [-0.2, -0.15) is 0 Å². The van der Waals surface area contributed by atoms with Crippen LogP contribution >= 0.6 is 11.6 Å². The van der Waals surface area contributed by atoms with Crippen LogP contribution < -0.4 is 0 Å². The molecule has 0 amide bonds. The van der Waals surface area contributed by atoms with Crippen LogP contribution in [0, 0.1) is 6.92 Å². The molecule has 0 saturated heterocycles. The highest BCUT2D eigenvalue weighted by Crippen LogP contribution is 2.26. The van der Waals surface area contributed by atoms with E-state index >= 15 is 0 Å². The second-order valence-electron chi connectivity index (χ2n) is 4.12. The molecular formula is C13H14ClNO3S. The fourth-order valence-electron chi connectivity index (χ4n) is 1.69. The Balaban J connectivity index is 2.37. The highest BCUT2D eigenvalue weighted by atomic mass is 35.5. The van der Waals surface area contributed by atoms with Gasteiger partial charge in [-0.05, 0) is 13.3 Å². The molecule has 102 valence electrons. The number of nitrogens with zero attached hydrogens (tertiary/aromatic N) is 1. The van der Waals surface area contributed by atoms with Gasteiger partial charge in [0.05, 0.1) is 11.4 Å². The monoisotopic (exact) mass is 299 g/mol. The standard InChI is InChI=1S/C13H14ClNO3S/c1-10-12(11-6-3-2-4-7-11)18-13(15-10)19(16,17)9-5-8-14/h2-4,6-7H,5,8-9H2,1H3. The summed E-state index contributed by atoms with van der Waals surface area (Å²) in [5.74, 6) is 0.736. The second-order valence-corrected chi connectivity index (χ2v) is 6.49. The zero-order chi connectivity index (χ0) is 13.9.